The summed E-state index contributed by atoms with van der Waals surface area (Å²) in [4.78, 5) is 5.57. The van der Waals surface area contributed by atoms with Crippen LogP contribution in [0.1, 0.15) is 44.1 Å². The van der Waals surface area contributed by atoms with Gasteiger partial charge < -0.3 is 4.74 Å². The molecule has 3 aliphatic rings. The van der Waals surface area contributed by atoms with Crippen LogP contribution in [-0.4, -0.2) is 49.1 Å². The molecule has 0 unspecified atom stereocenters. The standard InChI is InChI=1S/C21H32N2O/c1-24-20-10-5-7-17(13-20)14-22-15-18-8-6-9-19(16-22)21(18)23-11-3-2-4-12-23/h5,7,10,13,18-19,21H,2-4,6,8-9,11-12,14-16H2,1H3/t18-,19-/m1/s1. The Bertz CT molecular complexity index is 526. The summed E-state index contributed by atoms with van der Waals surface area (Å²) in [6.07, 6.45) is 8.61. The molecule has 2 saturated heterocycles. The maximum Gasteiger partial charge on any atom is 0.119 e. The van der Waals surface area contributed by atoms with Crippen LogP contribution in [0.25, 0.3) is 0 Å². The van der Waals surface area contributed by atoms with Crippen LogP contribution in [0.4, 0.5) is 0 Å². The van der Waals surface area contributed by atoms with Gasteiger partial charge in [-0.3, -0.25) is 9.80 Å². The van der Waals surface area contributed by atoms with E-state index >= 15 is 0 Å². The Balaban J connectivity index is 1.43. The number of nitrogens with zero attached hydrogens (tertiary/aromatic N) is 2. The first-order valence-corrected chi connectivity index (χ1v) is 9.93. The van der Waals surface area contributed by atoms with Crippen molar-refractivity contribution in [3.8, 4) is 5.75 Å². The number of likely N-dealkylation sites (tertiary alicyclic amines) is 2. The van der Waals surface area contributed by atoms with Gasteiger partial charge in [0.15, 0.2) is 0 Å². The highest BCUT2D eigenvalue weighted by atomic mass is 16.5. The lowest BCUT2D eigenvalue weighted by Crippen LogP contribution is -2.58. The molecule has 0 spiro atoms. The third kappa shape index (κ3) is 3.48. The van der Waals surface area contributed by atoms with E-state index in [1.807, 2.05) is 6.07 Å². The van der Waals surface area contributed by atoms with Gasteiger partial charge in [-0.15, -0.1) is 0 Å². The Hall–Kier alpha value is -1.06. The van der Waals surface area contributed by atoms with E-state index < -0.39 is 0 Å². The molecule has 3 heteroatoms. The molecule has 1 aromatic carbocycles. The lowest BCUT2D eigenvalue weighted by atomic mass is 9.72. The predicted octanol–water partition coefficient (Wildman–Crippen LogP) is 3.78. The van der Waals surface area contributed by atoms with E-state index in [0.29, 0.717) is 0 Å². The molecule has 2 aliphatic heterocycles. The molecule has 0 radical (unpaired) electrons. The molecule has 0 amide bonds. The lowest BCUT2D eigenvalue weighted by Gasteiger charge is -2.52. The van der Waals surface area contributed by atoms with Gasteiger partial charge in [-0.25, -0.2) is 0 Å². The molecule has 1 aliphatic carbocycles. The maximum absolute atomic E-state index is 5.39. The fourth-order valence-corrected chi connectivity index (χ4v) is 5.48. The molecule has 1 aromatic rings. The Morgan fingerprint density at radius 1 is 1.00 bits per heavy atom. The van der Waals surface area contributed by atoms with Crippen LogP contribution in [-0.2, 0) is 6.54 Å². The van der Waals surface area contributed by atoms with Gasteiger partial charge in [0.05, 0.1) is 7.11 Å². The van der Waals surface area contributed by atoms with Crippen LogP contribution in [0.5, 0.6) is 5.75 Å². The molecule has 1 saturated carbocycles. The van der Waals surface area contributed by atoms with Crippen molar-refractivity contribution in [2.45, 2.75) is 51.1 Å². The summed E-state index contributed by atoms with van der Waals surface area (Å²) in [6.45, 7) is 6.36. The number of benzene rings is 1. The van der Waals surface area contributed by atoms with Gasteiger partial charge in [0, 0.05) is 25.7 Å². The van der Waals surface area contributed by atoms with Crippen molar-refractivity contribution in [3.63, 3.8) is 0 Å². The van der Waals surface area contributed by atoms with Gasteiger partial charge in [-0.05, 0) is 68.3 Å². The molecule has 3 fully saturated rings. The van der Waals surface area contributed by atoms with Crippen molar-refractivity contribution in [1.82, 2.24) is 9.80 Å². The number of fused-ring (bicyclic) bond motifs is 2. The van der Waals surface area contributed by atoms with Crippen molar-refractivity contribution in [3.05, 3.63) is 29.8 Å². The van der Waals surface area contributed by atoms with Crippen molar-refractivity contribution in [2.24, 2.45) is 11.8 Å². The minimum absolute atomic E-state index is 0.876. The van der Waals surface area contributed by atoms with E-state index in [0.717, 1.165) is 30.2 Å². The summed E-state index contributed by atoms with van der Waals surface area (Å²) < 4.78 is 5.39. The zero-order valence-electron chi connectivity index (χ0n) is 15.1. The summed E-state index contributed by atoms with van der Waals surface area (Å²) in [5, 5.41) is 0. The monoisotopic (exact) mass is 328 g/mol. The normalized spacial score (nSPS) is 31.8. The number of hydrogen-bond acceptors (Lipinski definition) is 3. The second-order valence-electron chi connectivity index (χ2n) is 8.08. The highest BCUT2D eigenvalue weighted by molar-refractivity contribution is 5.28. The van der Waals surface area contributed by atoms with Crippen LogP contribution in [0, 0.1) is 11.8 Å². The Labute approximate surface area is 147 Å². The minimum Gasteiger partial charge on any atom is -0.497 e. The van der Waals surface area contributed by atoms with Gasteiger partial charge in [0.1, 0.15) is 5.75 Å². The summed E-state index contributed by atoms with van der Waals surface area (Å²) in [5.74, 6) is 2.76. The number of rotatable bonds is 4. The smallest absolute Gasteiger partial charge is 0.119 e. The summed E-state index contributed by atoms with van der Waals surface area (Å²) in [7, 11) is 1.76. The number of ether oxygens (including phenoxy) is 1. The van der Waals surface area contributed by atoms with Crippen molar-refractivity contribution >= 4 is 0 Å². The third-order valence-electron chi connectivity index (χ3n) is 6.45. The molecule has 24 heavy (non-hydrogen) atoms. The van der Waals surface area contributed by atoms with Gasteiger partial charge in [0.2, 0.25) is 0 Å². The summed E-state index contributed by atoms with van der Waals surface area (Å²) in [6, 6.07) is 9.48. The van der Waals surface area contributed by atoms with Gasteiger partial charge in [0.25, 0.3) is 0 Å². The van der Waals surface area contributed by atoms with E-state index in [1.54, 1.807) is 7.11 Å². The molecule has 2 bridgehead atoms. The van der Waals surface area contributed by atoms with Crippen molar-refractivity contribution in [1.29, 1.82) is 0 Å². The SMILES string of the molecule is COc1cccc(CN2C[C@H]3CCC[C@H](C2)C3N2CCCCC2)c1. The molecular formula is C21H32N2O. The molecule has 4 rings (SSSR count). The summed E-state index contributed by atoms with van der Waals surface area (Å²) >= 11 is 0. The largest absolute Gasteiger partial charge is 0.497 e. The molecule has 2 heterocycles. The van der Waals surface area contributed by atoms with Crippen LogP contribution >= 0.6 is 0 Å². The molecule has 132 valence electrons. The van der Waals surface area contributed by atoms with Gasteiger partial charge in [-0.2, -0.15) is 0 Å². The fourth-order valence-electron chi connectivity index (χ4n) is 5.48. The topological polar surface area (TPSA) is 15.7 Å². The average Bonchev–Trinajstić information content (AvgIpc) is 2.62. The third-order valence-corrected chi connectivity index (χ3v) is 6.45. The first kappa shape index (κ1) is 16.4. The van der Waals surface area contributed by atoms with E-state index in [4.69, 9.17) is 4.74 Å². The lowest BCUT2D eigenvalue weighted by molar-refractivity contribution is -0.0290. The van der Waals surface area contributed by atoms with E-state index in [-0.39, 0.29) is 0 Å². The number of methoxy groups -OCH3 is 1. The quantitative estimate of drug-likeness (QED) is 0.836. The summed E-state index contributed by atoms with van der Waals surface area (Å²) in [5.41, 5.74) is 1.39. The number of piperidine rings is 2. The molecule has 0 aromatic heterocycles. The first-order valence-electron chi connectivity index (χ1n) is 9.93. The molecule has 2 atom stereocenters. The minimum atomic E-state index is 0.876. The second-order valence-corrected chi connectivity index (χ2v) is 8.08. The highest BCUT2D eigenvalue weighted by Gasteiger charge is 2.42. The van der Waals surface area contributed by atoms with Crippen LogP contribution < -0.4 is 4.74 Å². The average molecular weight is 329 g/mol. The second kappa shape index (κ2) is 7.45. The molecule has 3 nitrogen and oxygen atoms in total. The van der Waals surface area contributed by atoms with Crippen LogP contribution in [0.15, 0.2) is 24.3 Å². The Kier molecular flexibility index (Phi) is 5.09. The highest BCUT2D eigenvalue weighted by Crippen LogP contribution is 2.39. The van der Waals surface area contributed by atoms with Crippen LogP contribution in [0.3, 0.4) is 0 Å². The Morgan fingerprint density at radius 2 is 1.75 bits per heavy atom. The zero-order chi connectivity index (χ0) is 16.4. The molecular weight excluding hydrogens is 296 g/mol. The number of hydrogen-bond donors (Lipinski definition) is 0. The molecule has 0 N–H and O–H groups in total. The zero-order valence-corrected chi connectivity index (χ0v) is 15.1. The van der Waals surface area contributed by atoms with E-state index in [9.17, 15) is 0 Å². The van der Waals surface area contributed by atoms with E-state index in [1.165, 1.54) is 70.3 Å². The van der Waals surface area contributed by atoms with E-state index in [2.05, 4.69) is 28.0 Å². The van der Waals surface area contributed by atoms with Gasteiger partial charge in [-0.1, -0.05) is 25.0 Å². The van der Waals surface area contributed by atoms with Crippen LogP contribution in [0.2, 0.25) is 0 Å². The van der Waals surface area contributed by atoms with Gasteiger partial charge >= 0.3 is 0 Å². The maximum atomic E-state index is 5.39. The predicted molar refractivity (Wildman–Crippen MR) is 98.3 cm³/mol. The Morgan fingerprint density at radius 3 is 2.46 bits per heavy atom. The first-order chi connectivity index (χ1) is 11.8. The fraction of sp³-hybridized carbons (Fsp3) is 0.714. The van der Waals surface area contributed by atoms with Crippen molar-refractivity contribution < 1.29 is 4.74 Å². The van der Waals surface area contributed by atoms with Crippen molar-refractivity contribution in [2.75, 3.05) is 33.3 Å².